The number of benzene rings is 1. The highest BCUT2D eigenvalue weighted by Gasteiger charge is 2.20. The van der Waals surface area contributed by atoms with Crippen LogP contribution >= 0.6 is 0 Å². The number of fused-ring (bicyclic) bond motifs is 1. The second-order valence-corrected chi connectivity index (χ2v) is 6.47. The molecule has 2 N–H and O–H groups in total. The van der Waals surface area contributed by atoms with Crippen molar-refractivity contribution >= 4 is 28.6 Å². The van der Waals surface area contributed by atoms with Gasteiger partial charge in [-0.2, -0.15) is 0 Å². The molecule has 0 unspecified atom stereocenters. The van der Waals surface area contributed by atoms with Gasteiger partial charge in [0.2, 0.25) is 5.91 Å². The minimum absolute atomic E-state index is 0.0249. The number of hydrogen-bond donors (Lipinski definition) is 2. The monoisotopic (exact) mass is 329 g/mol. The maximum absolute atomic E-state index is 11.8. The van der Waals surface area contributed by atoms with Crippen molar-refractivity contribution < 1.29 is 14.7 Å². The highest BCUT2D eigenvalue weighted by Crippen LogP contribution is 2.33. The number of nitrogens with one attached hydrogen (secondary N) is 1. The molecular weight excluding hydrogens is 306 g/mol. The first-order valence-electron chi connectivity index (χ1n) is 8.55. The van der Waals surface area contributed by atoms with Crippen LogP contribution in [-0.2, 0) is 9.59 Å². The molecule has 0 radical (unpaired) electrons. The van der Waals surface area contributed by atoms with Crippen molar-refractivity contribution in [2.75, 3.05) is 5.32 Å². The molecule has 1 aliphatic rings. The van der Waals surface area contributed by atoms with Gasteiger partial charge in [-0.05, 0) is 38.0 Å². The zero-order valence-electron chi connectivity index (χ0n) is 13.9. The molecule has 1 aromatic heterocycles. The predicted octanol–water partition coefficient (Wildman–Crippen LogP) is 3.65. The summed E-state index contributed by atoms with van der Waals surface area (Å²) >= 11 is 0. The minimum atomic E-state index is -0.970. The summed E-state index contributed by atoms with van der Waals surface area (Å²) in [6.45, 7) is 2.03. The standard InChI is InChI=1S/C18H23N3O3/c1-12-19-15-11-13(20-17(22)9-10-18(23)24)7-8-16(15)21(12)14-5-3-2-4-6-14/h7-8,11,14H,2-6,9-10H2,1H3,(H,20,22)(H,23,24). The normalized spacial score (nSPS) is 15.5. The number of hydrogen-bond acceptors (Lipinski definition) is 3. The molecule has 0 atom stereocenters. The van der Waals surface area contributed by atoms with Gasteiger partial charge in [0.1, 0.15) is 5.82 Å². The number of aliphatic carboxylic acids is 1. The van der Waals surface area contributed by atoms with E-state index in [-0.39, 0.29) is 18.7 Å². The van der Waals surface area contributed by atoms with E-state index in [0.717, 1.165) is 16.9 Å². The molecule has 3 rings (SSSR count). The fourth-order valence-corrected chi connectivity index (χ4v) is 3.54. The number of aromatic nitrogens is 2. The molecule has 2 aromatic rings. The van der Waals surface area contributed by atoms with Gasteiger partial charge in [0.05, 0.1) is 17.5 Å². The van der Waals surface area contributed by atoms with Crippen molar-refractivity contribution in [3.8, 4) is 0 Å². The lowest BCUT2D eigenvalue weighted by molar-refractivity contribution is -0.138. The van der Waals surface area contributed by atoms with Gasteiger partial charge in [0.25, 0.3) is 0 Å². The van der Waals surface area contributed by atoms with E-state index in [1.807, 2.05) is 25.1 Å². The lowest BCUT2D eigenvalue weighted by Crippen LogP contribution is -2.14. The largest absolute Gasteiger partial charge is 0.481 e. The lowest BCUT2D eigenvalue weighted by Gasteiger charge is -2.25. The Bertz CT molecular complexity index is 760. The molecule has 1 aromatic carbocycles. The first-order valence-corrected chi connectivity index (χ1v) is 8.55. The van der Waals surface area contributed by atoms with Crippen LogP contribution in [-0.4, -0.2) is 26.5 Å². The van der Waals surface area contributed by atoms with E-state index < -0.39 is 5.97 Å². The summed E-state index contributed by atoms with van der Waals surface area (Å²) in [5.74, 6) is -0.256. The number of rotatable bonds is 5. The number of amides is 1. The summed E-state index contributed by atoms with van der Waals surface area (Å²) in [7, 11) is 0. The van der Waals surface area contributed by atoms with E-state index in [1.165, 1.54) is 32.1 Å². The number of carboxylic acids is 1. The van der Waals surface area contributed by atoms with Crippen LogP contribution in [0.1, 0.15) is 56.8 Å². The smallest absolute Gasteiger partial charge is 0.303 e. The molecule has 6 heteroatoms. The van der Waals surface area contributed by atoms with E-state index in [2.05, 4.69) is 14.9 Å². The van der Waals surface area contributed by atoms with Crippen LogP contribution in [0, 0.1) is 6.92 Å². The molecule has 24 heavy (non-hydrogen) atoms. The van der Waals surface area contributed by atoms with Crippen LogP contribution in [0.3, 0.4) is 0 Å². The molecule has 0 saturated heterocycles. The Morgan fingerprint density at radius 2 is 2.00 bits per heavy atom. The molecule has 1 saturated carbocycles. The van der Waals surface area contributed by atoms with Crippen LogP contribution in [0.2, 0.25) is 0 Å². The summed E-state index contributed by atoms with van der Waals surface area (Å²) in [6, 6.07) is 6.23. The number of carbonyl (C=O) groups excluding carboxylic acids is 1. The van der Waals surface area contributed by atoms with Crippen molar-refractivity contribution in [2.45, 2.75) is 57.9 Å². The van der Waals surface area contributed by atoms with Gasteiger partial charge in [-0.1, -0.05) is 19.3 Å². The highest BCUT2D eigenvalue weighted by atomic mass is 16.4. The Morgan fingerprint density at radius 1 is 1.25 bits per heavy atom. The van der Waals surface area contributed by atoms with E-state index in [1.54, 1.807) is 0 Å². The van der Waals surface area contributed by atoms with Gasteiger partial charge in [-0.15, -0.1) is 0 Å². The summed E-state index contributed by atoms with van der Waals surface area (Å²) in [5, 5.41) is 11.4. The Morgan fingerprint density at radius 3 is 2.71 bits per heavy atom. The van der Waals surface area contributed by atoms with Crippen LogP contribution in [0.4, 0.5) is 5.69 Å². The Hall–Kier alpha value is -2.37. The maximum atomic E-state index is 11.8. The van der Waals surface area contributed by atoms with Crippen molar-refractivity contribution in [2.24, 2.45) is 0 Å². The van der Waals surface area contributed by atoms with E-state index in [0.29, 0.717) is 11.7 Å². The fraction of sp³-hybridized carbons (Fsp3) is 0.500. The molecular formula is C18H23N3O3. The maximum Gasteiger partial charge on any atom is 0.303 e. The number of anilines is 1. The summed E-state index contributed by atoms with van der Waals surface area (Å²) < 4.78 is 2.32. The molecule has 1 aliphatic carbocycles. The van der Waals surface area contributed by atoms with Crippen molar-refractivity contribution in [1.82, 2.24) is 9.55 Å². The Balaban J connectivity index is 1.79. The van der Waals surface area contributed by atoms with E-state index in [9.17, 15) is 9.59 Å². The molecule has 6 nitrogen and oxygen atoms in total. The topological polar surface area (TPSA) is 84.2 Å². The molecule has 128 valence electrons. The van der Waals surface area contributed by atoms with E-state index >= 15 is 0 Å². The van der Waals surface area contributed by atoms with Gasteiger partial charge in [-0.3, -0.25) is 9.59 Å². The van der Waals surface area contributed by atoms with Crippen LogP contribution < -0.4 is 5.32 Å². The van der Waals surface area contributed by atoms with Gasteiger partial charge in [0.15, 0.2) is 0 Å². The fourth-order valence-electron chi connectivity index (χ4n) is 3.54. The number of nitrogens with zero attached hydrogens (tertiary/aromatic N) is 2. The third kappa shape index (κ3) is 3.58. The summed E-state index contributed by atoms with van der Waals surface area (Å²) in [6.07, 6.45) is 6.05. The predicted molar refractivity (Wildman–Crippen MR) is 92.1 cm³/mol. The van der Waals surface area contributed by atoms with Crippen molar-refractivity contribution in [1.29, 1.82) is 0 Å². The van der Waals surface area contributed by atoms with Gasteiger partial charge >= 0.3 is 5.97 Å². The molecule has 0 aliphatic heterocycles. The van der Waals surface area contributed by atoms with Crippen molar-refractivity contribution in [3.63, 3.8) is 0 Å². The third-order valence-electron chi connectivity index (χ3n) is 4.66. The highest BCUT2D eigenvalue weighted by molar-refractivity contribution is 5.94. The molecule has 1 amide bonds. The van der Waals surface area contributed by atoms with Crippen LogP contribution in [0.15, 0.2) is 18.2 Å². The number of carbonyl (C=O) groups is 2. The third-order valence-corrected chi connectivity index (χ3v) is 4.66. The number of imidazole rings is 1. The van der Waals surface area contributed by atoms with Gasteiger partial charge in [0, 0.05) is 18.2 Å². The summed E-state index contributed by atoms with van der Waals surface area (Å²) in [4.78, 5) is 26.9. The molecule has 1 fully saturated rings. The van der Waals surface area contributed by atoms with Crippen LogP contribution in [0.5, 0.6) is 0 Å². The molecule has 0 spiro atoms. The summed E-state index contributed by atoms with van der Waals surface area (Å²) in [5.41, 5.74) is 2.63. The van der Waals surface area contributed by atoms with Gasteiger partial charge < -0.3 is 15.0 Å². The Labute approximate surface area is 140 Å². The molecule has 0 bridgehead atoms. The average molecular weight is 329 g/mol. The second-order valence-electron chi connectivity index (χ2n) is 6.47. The Kier molecular flexibility index (Phi) is 4.83. The first kappa shape index (κ1) is 16.5. The minimum Gasteiger partial charge on any atom is -0.481 e. The lowest BCUT2D eigenvalue weighted by atomic mass is 9.95. The quantitative estimate of drug-likeness (QED) is 0.877. The zero-order chi connectivity index (χ0) is 17.1. The van der Waals surface area contributed by atoms with Crippen LogP contribution in [0.25, 0.3) is 11.0 Å². The van der Waals surface area contributed by atoms with Gasteiger partial charge in [-0.25, -0.2) is 4.98 Å². The zero-order valence-corrected chi connectivity index (χ0v) is 13.9. The number of carboxylic acid groups (broad SMARTS) is 1. The van der Waals surface area contributed by atoms with Crippen molar-refractivity contribution in [3.05, 3.63) is 24.0 Å². The SMILES string of the molecule is Cc1nc2cc(NC(=O)CCC(=O)O)ccc2n1C1CCCCC1. The van der Waals surface area contributed by atoms with E-state index in [4.69, 9.17) is 5.11 Å². The number of aryl methyl sites for hydroxylation is 1. The second kappa shape index (κ2) is 7.03. The molecule has 1 heterocycles. The average Bonchev–Trinajstić information content (AvgIpc) is 2.88. The first-order chi connectivity index (χ1) is 11.5.